The van der Waals surface area contributed by atoms with E-state index in [1.165, 1.54) is 19.3 Å². The number of nitrogens with zero attached hydrogens (tertiary/aromatic N) is 1. The fraction of sp³-hybridized carbons (Fsp3) is 1.00. The van der Waals surface area contributed by atoms with Crippen molar-refractivity contribution in [3.63, 3.8) is 0 Å². The van der Waals surface area contributed by atoms with E-state index in [0.717, 1.165) is 38.1 Å². The Balaban J connectivity index is 1.82. The van der Waals surface area contributed by atoms with Gasteiger partial charge in [-0.15, -0.1) is 0 Å². The summed E-state index contributed by atoms with van der Waals surface area (Å²) in [5, 5.41) is 4.45. The third-order valence-corrected chi connectivity index (χ3v) is 2.89. The second-order valence-corrected chi connectivity index (χ2v) is 3.66. The molecule has 2 fully saturated rings. The van der Waals surface area contributed by atoms with Crippen molar-refractivity contribution in [1.29, 1.82) is 0 Å². The lowest BCUT2D eigenvalue weighted by Gasteiger charge is -2.25. The van der Waals surface area contributed by atoms with E-state index in [9.17, 15) is 0 Å². The Labute approximate surface area is 68.3 Å². The van der Waals surface area contributed by atoms with E-state index in [1.807, 2.05) is 0 Å². The Morgan fingerprint density at radius 2 is 2.18 bits per heavy atom. The molecule has 2 rings (SSSR count). The van der Waals surface area contributed by atoms with Crippen molar-refractivity contribution in [3.8, 4) is 0 Å². The first-order valence-corrected chi connectivity index (χ1v) is 4.68. The van der Waals surface area contributed by atoms with Gasteiger partial charge in [0.25, 0.3) is 0 Å². The molecular weight excluding hydrogens is 138 g/mol. The van der Waals surface area contributed by atoms with Crippen LogP contribution >= 0.6 is 0 Å². The van der Waals surface area contributed by atoms with Crippen molar-refractivity contribution < 1.29 is 4.74 Å². The highest BCUT2D eigenvalue weighted by molar-refractivity contribution is 4.78. The maximum absolute atomic E-state index is 5.37. The van der Waals surface area contributed by atoms with Gasteiger partial charge in [-0.25, -0.2) is 5.32 Å². The van der Waals surface area contributed by atoms with Crippen LogP contribution in [-0.2, 0) is 4.74 Å². The lowest BCUT2D eigenvalue weighted by Crippen LogP contribution is -2.30. The number of hydrogen-bond donors (Lipinski definition) is 0. The summed E-state index contributed by atoms with van der Waals surface area (Å²) in [5.41, 5.74) is 0. The monoisotopic (exact) mass is 154 g/mol. The van der Waals surface area contributed by atoms with Gasteiger partial charge in [0.2, 0.25) is 0 Å². The molecule has 0 aromatic heterocycles. The number of ether oxygens (including phenoxy) is 1. The van der Waals surface area contributed by atoms with E-state index in [4.69, 9.17) is 4.74 Å². The molecule has 0 spiro atoms. The highest BCUT2D eigenvalue weighted by Gasteiger charge is 2.26. The first-order chi connectivity index (χ1) is 5.47. The van der Waals surface area contributed by atoms with Gasteiger partial charge in [0.1, 0.15) is 0 Å². The molecule has 0 saturated carbocycles. The SMILES string of the molecule is C1C[N]CC(C2CCOC2)C1. The minimum atomic E-state index is 0.832. The lowest BCUT2D eigenvalue weighted by molar-refractivity contribution is 0.163. The van der Waals surface area contributed by atoms with Gasteiger partial charge in [0.05, 0.1) is 0 Å². The summed E-state index contributed by atoms with van der Waals surface area (Å²) in [6.45, 7) is 4.19. The first kappa shape index (κ1) is 7.56. The number of piperidine rings is 1. The molecule has 11 heavy (non-hydrogen) atoms. The molecule has 2 unspecified atom stereocenters. The summed E-state index contributed by atoms with van der Waals surface area (Å²) in [7, 11) is 0. The molecule has 0 amide bonds. The fourth-order valence-corrected chi connectivity index (χ4v) is 2.12. The maximum atomic E-state index is 5.37. The predicted molar refractivity (Wildman–Crippen MR) is 43.5 cm³/mol. The quantitative estimate of drug-likeness (QED) is 0.553. The standard InChI is InChI=1S/C9H16NO/c1-2-8(6-10-4-1)9-3-5-11-7-9/h8-9H,1-7H2. The van der Waals surface area contributed by atoms with Gasteiger partial charge in [0, 0.05) is 26.3 Å². The summed E-state index contributed by atoms with van der Waals surface area (Å²) in [6, 6.07) is 0. The Kier molecular flexibility index (Phi) is 2.44. The lowest BCUT2D eigenvalue weighted by atomic mass is 9.86. The van der Waals surface area contributed by atoms with Crippen LogP contribution < -0.4 is 5.32 Å². The molecule has 1 radical (unpaired) electrons. The van der Waals surface area contributed by atoms with E-state index in [2.05, 4.69) is 5.32 Å². The van der Waals surface area contributed by atoms with Crippen molar-refractivity contribution in [1.82, 2.24) is 5.32 Å². The second-order valence-electron chi connectivity index (χ2n) is 3.66. The third-order valence-electron chi connectivity index (χ3n) is 2.89. The zero-order valence-electron chi connectivity index (χ0n) is 6.96. The maximum Gasteiger partial charge on any atom is 0.0498 e. The summed E-state index contributed by atoms with van der Waals surface area (Å²) in [6.07, 6.45) is 3.97. The zero-order chi connectivity index (χ0) is 7.52. The van der Waals surface area contributed by atoms with E-state index in [0.29, 0.717) is 0 Å². The van der Waals surface area contributed by atoms with Gasteiger partial charge >= 0.3 is 0 Å². The molecule has 2 aliphatic rings. The molecule has 0 aromatic rings. The van der Waals surface area contributed by atoms with Crippen LogP contribution in [0.25, 0.3) is 0 Å². The van der Waals surface area contributed by atoms with Crippen molar-refractivity contribution in [2.45, 2.75) is 19.3 Å². The Morgan fingerprint density at radius 1 is 1.18 bits per heavy atom. The van der Waals surface area contributed by atoms with E-state index in [1.54, 1.807) is 0 Å². The summed E-state index contributed by atoms with van der Waals surface area (Å²) in [4.78, 5) is 0. The van der Waals surface area contributed by atoms with E-state index >= 15 is 0 Å². The summed E-state index contributed by atoms with van der Waals surface area (Å²) in [5.74, 6) is 1.69. The molecule has 2 atom stereocenters. The van der Waals surface area contributed by atoms with Crippen LogP contribution in [0.15, 0.2) is 0 Å². The van der Waals surface area contributed by atoms with Crippen LogP contribution in [0.5, 0.6) is 0 Å². The molecule has 0 bridgehead atoms. The Morgan fingerprint density at radius 3 is 2.82 bits per heavy atom. The smallest absolute Gasteiger partial charge is 0.0498 e. The zero-order valence-corrected chi connectivity index (χ0v) is 6.96. The minimum Gasteiger partial charge on any atom is -0.381 e. The predicted octanol–water partition coefficient (Wildman–Crippen LogP) is 1.04. The average molecular weight is 154 g/mol. The molecule has 2 saturated heterocycles. The molecule has 2 heteroatoms. The van der Waals surface area contributed by atoms with E-state index < -0.39 is 0 Å². The van der Waals surface area contributed by atoms with Gasteiger partial charge < -0.3 is 4.74 Å². The van der Waals surface area contributed by atoms with Gasteiger partial charge in [-0.2, -0.15) is 0 Å². The largest absolute Gasteiger partial charge is 0.381 e. The van der Waals surface area contributed by atoms with Crippen LogP contribution in [0.2, 0.25) is 0 Å². The highest BCUT2D eigenvalue weighted by atomic mass is 16.5. The molecule has 0 N–H and O–H groups in total. The topological polar surface area (TPSA) is 23.3 Å². The van der Waals surface area contributed by atoms with Crippen LogP contribution in [0, 0.1) is 11.8 Å². The van der Waals surface area contributed by atoms with Gasteiger partial charge in [-0.05, 0) is 31.1 Å². The normalized spacial score (nSPS) is 39.3. The van der Waals surface area contributed by atoms with Gasteiger partial charge in [-0.3, -0.25) is 0 Å². The number of rotatable bonds is 1. The minimum absolute atomic E-state index is 0.832. The van der Waals surface area contributed by atoms with Crippen molar-refractivity contribution in [2.24, 2.45) is 11.8 Å². The molecule has 0 aromatic carbocycles. The Hall–Kier alpha value is -0.0800. The highest BCUT2D eigenvalue weighted by Crippen LogP contribution is 2.27. The van der Waals surface area contributed by atoms with E-state index in [-0.39, 0.29) is 0 Å². The summed E-state index contributed by atoms with van der Waals surface area (Å²) >= 11 is 0. The molecule has 63 valence electrons. The summed E-state index contributed by atoms with van der Waals surface area (Å²) < 4.78 is 5.37. The van der Waals surface area contributed by atoms with Crippen LogP contribution in [0.4, 0.5) is 0 Å². The van der Waals surface area contributed by atoms with Crippen LogP contribution in [-0.4, -0.2) is 26.3 Å². The van der Waals surface area contributed by atoms with Crippen molar-refractivity contribution in [3.05, 3.63) is 0 Å². The molecule has 2 nitrogen and oxygen atoms in total. The second kappa shape index (κ2) is 3.55. The Bertz CT molecular complexity index is 115. The average Bonchev–Trinajstić information content (AvgIpc) is 2.58. The number of hydrogen-bond acceptors (Lipinski definition) is 1. The molecular formula is C9H16NO. The van der Waals surface area contributed by atoms with Crippen molar-refractivity contribution in [2.75, 3.05) is 26.3 Å². The van der Waals surface area contributed by atoms with Gasteiger partial charge in [0.15, 0.2) is 0 Å². The third kappa shape index (κ3) is 1.74. The van der Waals surface area contributed by atoms with Crippen molar-refractivity contribution >= 4 is 0 Å². The molecule has 2 aliphatic heterocycles. The fourth-order valence-electron chi connectivity index (χ4n) is 2.12. The molecule has 0 aliphatic carbocycles. The van der Waals surface area contributed by atoms with Crippen LogP contribution in [0.3, 0.4) is 0 Å². The molecule has 2 heterocycles. The van der Waals surface area contributed by atoms with Gasteiger partial charge in [-0.1, -0.05) is 0 Å². The first-order valence-electron chi connectivity index (χ1n) is 4.68. The van der Waals surface area contributed by atoms with Crippen LogP contribution in [0.1, 0.15) is 19.3 Å².